The van der Waals surface area contributed by atoms with Gasteiger partial charge in [-0.2, -0.15) is 18.3 Å². The number of hydrogen-bond acceptors (Lipinski definition) is 9. The number of likely N-dealkylation sites (tertiary alicyclic amines) is 3. The van der Waals surface area contributed by atoms with Gasteiger partial charge in [-0.3, -0.25) is 19.3 Å². The number of hydrogen-bond donors (Lipinski definition) is 2. The largest absolute Gasteiger partial charge is 0.451 e. The minimum Gasteiger partial charge on any atom is -0.346 e. The Kier molecular flexibility index (Phi) is 7.51. The molecular formula is C29H32F5N11O. The number of piperidine rings is 1. The molecule has 0 radical (unpaired) electrons. The van der Waals surface area contributed by atoms with Crippen LogP contribution in [0.25, 0.3) is 22.3 Å². The first-order chi connectivity index (χ1) is 21.9. The summed E-state index contributed by atoms with van der Waals surface area (Å²) in [5, 5.41) is 5.52. The van der Waals surface area contributed by atoms with E-state index in [2.05, 4.69) is 34.9 Å². The van der Waals surface area contributed by atoms with Crippen molar-refractivity contribution in [1.82, 2.24) is 49.4 Å². The molecule has 3 N–H and O–H groups in total. The first-order valence-electron chi connectivity index (χ1n) is 15.1. The molecule has 4 aromatic heterocycles. The number of halogens is 5. The van der Waals surface area contributed by atoms with E-state index in [1.807, 2.05) is 23.1 Å². The van der Waals surface area contributed by atoms with Crippen LogP contribution in [0.5, 0.6) is 0 Å². The molecule has 0 spiro atoms. The average Bonchev–Trinajstić information content (AvgIpc) is 3.76. The van der Waals surface area contributed by atoms with Crippen molar-refractivity contribution in [3.8, 4) is 11.3 Å². The minimum atomic E-state index is -4.89. The molecule has 7 rings (SSSR count). The van der Waals surface area contributed by atoms with E-state index >= 15 is 0 Å². The van der Waals surface area contributed by atoms with Gasteiger partial charge in [-0.25, -0.2) is 28.7 Å². The molecule has 0 aliphatic carbocycles. The SMILES string of the molecule is NCC1(n2cc(-c3ncnc4[nH]ccc34)cn2)CN(C2CCN(C(=O)c3cc(CN4CCC(F)(F)C4)nc(C(F)(F)F)n3)CC2)C1. The molecule has 7 heterocycles. The van der Waals surface area contributed by atoms with Crippen molar-refractivity contribution < 1.29 is 26.7 Å². The summed E-state index contributed by atoms with van der Waals surface area (Å²) in [7, 11) is 0. The van der Waals surface area contributed by atoms with Gasteiger partial charge in [-0.1, -0.05) is 0 Å². The van der Waals surface area contributed by atoms with E-state index in [1.54, 1.807) is 6.20 Å². The fraction of sp³-hybridized carbons (Fsp3) is 0.517. The molecule has 46 heavy (non-hydrogen) atoms. The summed E-state index contributed by atoms with van der Waals surface area (Å²) in [4.78, 5) is 37.3. The highest BCUT2D eigenvalue weighted by Gasteiger charge is 2.47. The van der Waals surface area contributed by atoms with Gasteiger partial charge in [0.15, 0.2) is 0 Å². The standard InChI is InChI=1S/C29H32F5N11O/c30-28(31)4-8-42(16-28)12-19-9-22(41-26(40-19)29(32,33)34)25(46)43-6-2-20(3-7-43)44-14-27(13-35,15-44)45-11-18(10-39-45)23-21-1-5-36-24(21)38-17-37-23/h1,5,9-11,17,20H,2-4,6-8,12-16,35H2,(H,36,37,38). The summed E-state index contributed by atoms with van der Waals surface area (Å²) >= 11 is 0. The first kappa shape index (κ1) is 30.6. The number of amides is 1. The second kappa shape index (κ2) is 11.3. The summed E-state index contributed by atoms with van der Waals surface area (Å²) in [6.07, 6.45) is 3.00. The summed E-state index contributed by atoms with van der Waals surface area (Å²) < 4.78 is 70.0. The molecule has 3 fully saturated rings. The molecule has 0 unspecified atom stereocenters. The van der Waals surface area contributed by atoms with Crippen LogP contribution in [0.2, 0.25) is 0 Å². The zero-order valence-corrected chi connectivity index (χ0v) is 24.7. The molecule has 1 amide bonds. The molecule has 3 aliphatic rings. The molecule has 0 aromatic carbocycles. The Labute approximate surface area is 259 Å². The fourth-order valence-electron chi connectivity index (χ4n) is 6.72. The number of alkyl halides is 5. The number of rotatable bonds is 7. The highest BCUT2D eigenvalue weighted by Crippen LogP contribution is 2.35. The van der Waals surface area contributed by atoms with Gasteiger partial charge >= 0.3 is 6.18 Å². The Bertz CT molecular complexity index is 1740. The minimum absolute atomic E-state index is 0.0255. The first-order valence-corrected chi connectivity index (χ1v) is 15.1. The normalized spacial score (nSPS) is 20.8. The van der Waals surface area contributed by atoms with E-state index in [9.17, 15) is 26.7 Å². The molecule has 0 saturated carbocycles. The number of carbonyl (C=O) groups is 1. The summed E-state index contributed by atoms with van der Waals surface area (Å²) in [6.45, 7) is 1.59. The van der Waals surface area contributed by atoms with Gasteiger partial charge in [0.25, 0.3) is 11.8 Å². The van der Waals surface area contributed by atoms with Crippen LogP contribution in [0, 0.1) is 0 Å². The number of fused-ring (bicyclic) bond motifs is 1. The second-order valence-electron chi connectivity index (χ2n) is 12.4. The monoisotopic (exact) mass is 645 g/mol. The Morgan fingerprint density at radius 3 is 2.57 bits per heavy atom. The van der Waals surface area contributed by atoms with E-state index in [0.717, 1.165) is 22.3 Å². The number of carbonyl (C=O) groups excluding carboxylic acids is 1. The third-order valence-corrected chi connectivity index (χ3v) is 9.23. The van der Waals surface area contributed by atoms with Gasteiger partial charge in [0.2, 0.25) is 5.82 Å². The molecular weight excluding hydrogens is 613 g/mol. The van der Waals surface area contributed by atoms with Crippen molar-refractivity contribution in [2.45, 2.75) is 49.5 Å². The maximum atomic E-state index is 13.7. The smallest absolute Gasteiger partial charge is 0.346 e. The Morgan fingerprint density at radius 2 is 1.87 bits per heavy atom. The fourth-order valence-corrected chi connectivity index (χ4v) is 6.72. The summed E-state index contributed by atoms with van der Waals surface area (Å²) in [6, 6.07) is 3.26. The van der Waals surface area contributed by atoms with Gasteiger partial charge in [0.05, 0.1) is 24.1 Å². The lowest BCUT2D eigenvalue weighted by Gasteiger charge is -2.54. The predicted molar refractivity (Wildman–Crippen MR) is 155 cm³/mol. The lowest BCUT2D eigenvalue weighted by Crippen LogP contribution is -2.69. The van der Waals surface area contributed by atoms with Gasteiger partial charge in [-0.05, 0) is 25.0 Å². The third-order valence-electron chi connectivity index (χ3n) is 9.23. The second-order valence-corrected chi connectivity index (χ2v) is 12.4. The van der Waals surface area contributed by atoms with Crippen molar-refractivity contribution >= 4 is 16.9 Å². The lowest BCUT2D eigenvalue weighted by atomic mass is 9.86. The number of aromatic nitrogens is 7. The van der Waals surface area contributed by atoms with Gasteiger partial charge < -0.3 is 15.6 Å². The lowest BCUT2D eigenvalue weighted by molar-refractivity contribution is -0.145. The highest BCUT2D eigenvalue weighted by atomic mass is 19.4. The van der Waals surface area contributed by atoms with Crippen LogP contribution in [0.4, 0.5) is 22.0 Å². The van der Waals surface area contributed by atoms with Crippen LogP contribution in [0.3, 0.4) is 0 Å². The van der Waals surface area contributed by atoms with Gasteiger partial charge in [-0.15, -0.1) is 0 Å². The third kappa shape index (κ3) is 5.71. The summed E-state index contributed by atoms with van der Waals surface area (Å²) in [5.74, 6) is -4.99. The molecule has 17 heteroatoms. The zero-order chi connectivity index (χ0) is 32.3. The van der Waals surface area contributed by atoms with Crippen LogP contribution in [0.15, 0.2) is 37.1 Å². The number of nitrogens with zero attached hydrogens (tertiary/aromatic N) is 9. The molecule has 3 saturated heterocycles. The Balaban J connectivity index is 0.992. The molecule has 12 nitrogen and oxygen atoms in total. The average molecular weight is 646 g/mol. The number of nitrogens with two attached hydrogens (primary N) is 1. The maximum Gasteiger partial charge on any atom is 0.451 e. The van der Waals surface area contributed by atoms with Gasteiger partial charge in [0.1, 0.15) is 23.2 Å². The van der Waals surface area contributed by atoms with Crippen molar-refractivity contribution in [3.05, 3.63) is 54.3 Å². The van der Waals surface area contributed by atoms with E-state index in [0.29, 0.717) is 45.6 Å². The van der Waals surface area contributed by atoms with E-state index in [4.69, 9.17) is 5.73 Å². The molecule has 4 aromatic rings. The van der Waals surface area contributed by atoms with E-state index in [1.165, 1.54) is 22.2 Å². The molecule has 0 bridgehead atoms. The van der Waals surface area contributed by atoms with Crippen LogP contribution in [-0.4, -0.2) is 113 Å². The molecule has 3 aliphatic heterocycles. The highest BCUT2D eigenvalue weighted by molar-refractivity contribution is 5.92. The molecule has 244 valence electrons. The maximum absolute atomic E-state index is 13.7. The van der Waals surface area contributed by atoms with Crippen LogP contribution >= 0.6 is 0 Å². The van der Waals surface area contributed by atoms with Crippen LogP contribution < -0.4 is 5.73 Å². The topological polar surface area (TPSA) is 138 Å². The number of nitrogens with one attached hydrogen (secondary N) is 1. The molecule has 0 atom stereocenters. The van der Waals surface area contributed by atoms with E-state index < -0.39 is 35.9 Å². The summed E-state index contributed by atoms with van der Waals surface area (Å²) in [5.41, 5.74) is 7.71. The van der Waals surface area contributed by atoms with Crippen molar-refractivity contribution in [1.29, 1.82) is 0 Å². The van der Waals surface area contributed by atoms with Gasteiger partial charge in [0, 0.05) is 81.6 Å². The van der Waals surface area contributed by atoms with Crippen LogP contribution in [0.1, 0.15) is 41.3 Å². The van der Waals surface area contributed by atoms with E-state index in [-0.39, 0.29) is 36.9 Å². The van der Waals surface area contributed by atoms with Crippen molar-refractivity contribution in [2.24, 2.45) is 5.73 Å². The Morgan fingerprint density at radius 1 is 1.09 bits per heavy atom. The number of aromatic amines is 1. The number of H-pyrrole nitrogens is 1. The zero-order valence-electron chi connectivity index (χ0n) is 24.7. The quantitative estimate of drug-likeness (QED) is 0.291. The Hall–Kier alpha value is -4.09. The van der Waals surface area contributed by atoms with Crippen molar-refractivity contribution in [3.63, 3.8) is 0 Å². The van der Waals surface area contributed by atoms with Crippen molar-refractivity contribution in [2.75, 3.05) is 45.8 Å². The predicted octanol–water partition coefficient (Wildman–Crippen LogP) is 2.75. The van der Waals surface area contributed by atoms with Crippen LogP contribution in [-0.2, 0) is 18.3 Å².